The fourth-order valence-electron chi connectivity index (χ4n) is 2.29. The highest BCUT2D eigenvalue weighted by Crippen LogP contribution is 2.19. The number of aryl methyl sites for hydroxylation is 1. The van der Waals surface area contributed by atoms with Gasteiger partial charge in [-0.3, -0.25) is 4.79 Å². The molecular weight excluding hydrogens is 260 g/mol. The van der Waals surface area contributed by atoms with Crippen LogP contribution in [0.3, 0.4) is 0 Å². The number of hydrogen-bond donors (Lipinski definition) is 2. The number of nitrogens with two attached hydrogens (primary N) is 1. The molecule has 4 nitrogen and oxygen atoms in total. The predicted molar refractivity (Wildman–Crippen MR) is 77.6 cm³/mol. The van der Waals surface area contributed by atoms with Crippen LogP contribution in [-0.2, 0) is 4.74 Å². The van der Waals surface area contributed by atoms with Gasteiger partial charge in [0, 0.05) is 17.5 Å². The van der Waals surface area contributed by atoms with E-state index in [0.717, 1.165) is 35.4 Å². The highest BCUT2D eigenvalue weighted by molar-refractivity contribution is 7.13. The van der Waals surface area contributed by atoms with Crippen molar-refractivity contribution in [3.05, 3.63) is 21.9 Å². The molecule has 106 valence electrons. The second-order valence-electron chi connectivity index (χ2n) is 5.07. The van der Waals surface area contributed by atoms with Gasteiger partial charge >= 0.3 is 0 Å². The lowest BCUT2D eigenvalue weighted by atomic mass is 9.94. The molecule has 2 rings (SSSR count). The Morgan fingerprint density at radius 1 is 1.42 bits per heavy atom. The molecule has 0 saturated heterocycles. The van der Waals surface area contributed by atoms with Gasteiger partial charge in [-0.2, -0.15) is 0 Å². The molecule has 3 N–H and O–H groups in total. The SMILES string of the molecule is Cc1ccc(C(=O)NCCOC2CCC(N)CC2)s1. The molecule has 0 atom stereocenters. The van der Waals surface area contributed by atoms with Gasteiger partial charge < -0.3 is 15.8 Å². The van der Waals surface area contributed by atoms with Gasteiger partial charge in [0.1, 0.15) is 0 Å². The number of rotatable bonds is 5. The Balaban J connectivity index is 1.60. The second kappa shape index (κ2) is 7.03. The van der Waals surface area contributed by atoms with E-state index in [4.69, 9.17) is 10.5 Å². The van der Waals surface area contributed by atoms with Crippen LogP contribution in [0, 0.1) is 6.92 Å². The van der Waals surface area contributed by atoms with Crippen molar-refractivity contribution in [2.24, 2.45) is 5.73 Å². The summed E-state index contributed by atoms with van der Waals surface area (Å²) in [4.78, 5) is 13.7. The van der Waals surface area contributed by atoms with Crippen LogP contribution in [0.15, 0.2) is 12.1 Å². The van der Waals surface area contributed by atoms with E-state index in [9.17, 15) is 4.79 Å². The topological polar surface area (TPSA) is 64.3 Å². The lowest BCUT2D eigenvalue weighted by Gasteiger charge is -2.26. The van der Waals surface area contributed by atoms with Gasteiger partial charge in [-0.25, -0.2) is 0 Å². The van der Waals surface area contributed by atoms with E-state index >= 15 is 0 Å². The number of nitrogens with one attached hydrogen (secondary N) is 1. The third kappa shape index (κ3) is 4.60. The van der Waals surface area contributed by atoms with E-state index in [0.29, 0.717) is 25.3 Å². The maximum Gasteiger partial charge on any atom is 0.261 e. The molecule has 0 aliphatic heterocycles. The summed E-state index contributed by atoms with van der Waals surface area (Å²) >= 11 is 1.52. The van der Waals surface area contributed by atoms with Gasteiger partial charge in [0.15, 0.2) is 0 Å². The van der Waals surface area contributed by atoms with Crippen molar-refractivity contribution in [2.75, 3.05) is 13.2 Å². The van der Waals surface area contributed by atoms with Crippen LogP contribution in [0.2, 0.25) is 0 Å². The maximum absolute atomic E-state index is 11.8. The molecule has 0 aromatic carbocycles. The third-order valence-electron chi connectivity index (χ3n) is 3.42. The summed E-state index contributed by atoms with van der Waals surface area (Å²) in [6.07, 6.45) is 4.50. The van der Waals surface area contributed by atoms with E-state index in [-0.39, 0.29) is 5.91 Å². The first kappa shape index (κ1) is 14.5. The van der Waals surface area contributed by atoms with E-state index < -0.39 is 0 Å². The molecule has 1 aromatic rings. The molecule has 1 amide bonds. The van der Waals surface area contributed by atoms with Crippen LogP contribution in [0.4, 0.5) is 0 Å². The van der Waals surface area contributed by atoms with Gasteiger partial charge in [-0.15, -0.1) is 11.3 Å². The quantitative estimate of drug-likeness (QED) is 0.813. The number of carbonyl (C=O) groups excluding carboxylic acids is 1. The van der Waals surface area contributed by atoms with Crippen molar-refractivity contribution in [2.45, 2.75) is 44.8 Å². The average Bonchev–Trinajstić information content (AvgIpc) is 2.83. The molecule has 1 aliphatic carbocycles. The predicted octanol–water partition coefficient (Wildman–Crippen LogP) is 2.07. The van der Waals surface area contributed by atoms with Crippen molar-refractivity contribution in [1.82, 2.24) is 5.32 Å². The zero-order valence-electron chi connectivity index (χ0n) is 11.4. The lowest BCUT2D eigenvalue weighted by Crippen LogP contribution is -2.32. The Kier molecular flexibility index (Phi) is 5.36. The minimum Gasteiger partial charge on any atom is -0.376 e. The maximum atomic E-state index is 11.8. The van der Waals surface area contributed by atoms with Crippen molar-refractivity contribution in [3.8, 4) is 0 Å². The van der Waals surface area contributed by atoms with E-state index in [1.54, 1.807) is 0 Å². The molecule has 1 heterocycles. The van der Waals surface area contributed by atoms with Crippen molar-refractivity contribution >= 4 is 17.2 Å². The third-order valence-corrected chi connectivity index (χ3v) is 4.42. The van der Waals surface area contributed by atoms with E-state index in [2.05, 4.69) is 5.32 Å². The summed E-state index contributed by atoms with van der Waals surface area (Å²) in [7, 11) is 0. The number of amides is 1. The fourth-order valence-corrected chi connectivity index (χ4v) is 3.07. The molecule has 19 heavy (non-hydrogen) atoms. The number of thiophene rings is 1. The summed E-state index contributed by atoms with van der Waals surface area (Å²) in [6.45, 7) is 3.15. The first-order valence-corrected chi connectivity index (χ1v) is 7.68. The highest BCUT2D eigenvalue weighted by Gasteiger charge is 2.18. The molecule has 0 bridgehead atoms. The molecule has 1 aromatic heterocycles. The monoisotopic (exact) mass is 282 g/mol. The Bertz CT molecular complexity index is 411. The summed E-state index contributed by atoms with van der Waals surface area (Å²) in [5, 5.41) is 2.88. The lowest BCUT2D eigenvalue weighted by molar-refractivity contribution is 0.0268. The molecule has 0 radical (unpaired) electrons. The number of hydrogen-bond acceptors (Lipinski definition) is 4. The molecule has 1 aliphatic rings. The van der Waals surface area contributed by atoms with Gasteiger partial charge in [-0.1, -0.05) is 0 Å². The first-order valence-electron chi connectivity index (χ1n) is 6.87. The van der Waals surface area contributed by atoms with E-state index in [1.165, 1.54) is 11.3 Å². The minimum absolute atomic E-state index is 0.00707. The summed E-state index contributed by atoms with van der Waals surface area (Å²) < 4.78 is 5.76. The number of carbonyl (C=O) groups is 1. The van der Waals surface area contributed by atoms with Gasteiger partial charge in [0.2, 0.25) is 0 Å². The summed E-state index contributed by atoms with van der Waals surface area (Å²) in [5.74, 6) is -0.00707. The summed E-state index contributed by atoms with van der Waals surface area (Å²) in [5.41, 5.74) is 5.85. The van der Waals surface area contributed by atoms with Gasteiger partial charge in [0.05, 0.1) is 17.6 Å². The van der Waals surface area contributed by atoms with Crippen LogP contribution in [-0.4, -0.2) is 31.2 Å². The van der Waals surface area contributed by atoms with Crippen molar-refractivity contribution in [3.63, 3.8) is 0 Å². The van der Waals surface area contributed by atoms with Gasteiger partial charge in [-0.05, 0) is 44.7 Å². The highest BCUT2D eigenvalue weighted by atomic mass is 32.1. The molecular formula is C14H22N2O2S. The standard InChI is InChI=1S/C14H22N2O2S/c1-10-2-7-13(19-10)14(17)16-8-9-18-12-5-3-11(15)4-6-12/h2,7,11-12H,3-6,8-9,15H2,1H3,(H,16,17). The molecule has 1 saturated carbocycles. The van der Waals surface area contributed by atoms with Crippen molar-refractivity contribution < 1.29 is 9.53 Å². The Labute approximate surface area is 118 Å². The van der Waals surface area contributed by atoms with Crippen molar-refractivity contribution in [1.29, 1.82) is 0 Å². The van der Waals surface area contributed by atoms with Crippen LogP contribution >= 0.6 is 11.3 Å². The zero-order chi connectivity index (χ0) is 13.7. The number of ether oxygens (including phenoxy) is 1. The molecule has 1 fully saturated rings. The largest absolute Gasteiger partial charge is 0.376 e. The van der Waals surface area contributed by atoms with Crippen LogP contribution in [0.1, 0.15) is 40.2 Å². The first-order chi connectivity index (χ1) is 9.15. The normalized spacial score (nSPS) is 23.3. The Morgan fingerprint density at radius 3 is 2.79 bits per heavy atom. The van der Waals surface area contributed by atoms with Crippen LogP contribution in [0.5, 0.6) is 0 Å². The summed E-state index contributed by atoms with van der Waals surface area (Å²) in [6, 6.07) is 4.17. The Morgan fingerprint density at radius 2 is 2.16 bits per heavy atom. The van der Waals surface area contributed by atoms with Crippen LogP contribution in [0.25, 0.3) is 0 Å². The zero-order valence-corrected chi connectivity index (χ0v) is 12.2. The van der Waals surface area contributed by atoms with Gasteiger partial charge in [0.25, 0.3) is 5.91 Å². The average molecular weight is 282 g/mol. The fraction of sp³-hybridized carbons (Fsp3) is 0.643. The minimum atomic E-state index is -0.00707. The van der Waals surface area contributed by atoms with Crippen LogP contribution < -0.4 is 11.1 Å². The second-order valence-corrected chi connectivity index (χ2v) is 6.36. The van der Waals surface area contributed by atoms with E-state index in [1.807, 2.05) is 19.1 Å². The Hall–Kier alpha value is -0.910. The molecule has 0 spiro atoms. The molecule has 5 heteroatoms. The molecule has 0 unspecified atom stereocenters. The smallest absolute Gasteiger partial charge is 0.261 e.